The van der Waals surface area contributed by atoms with E-state index in [1.165, 1.54) is 30.3 Å². The number of carbonyl (C=O) groups excluding carboxylic acids is 1. The Morgan fingerprint density at radius 1 is 1.04 bits per heavy atom. The molecule has 0 heterocycles. The van der Waals surface area contributed by atoms with E-state index in [4.69, 9.17) is 27.9 Å². The number of hydrogen-bond donors (Lipinski definition) is 2. The molecule has 0 radical (unpaired) electrons. The molecule has 0 aliphatic heterocycles. The van der Waals surface area contributed by atoms with Crippen molar-refractivity contribution in [2.24, 2.45) is 0 Å². The standard InChI is InChI=1S/C17H18Cl2N2O4S/c1-2-25-13-4-6-14(7-5-13)26(23,24)21-10-9-20-17(22)12-3-8-15(18)16(19)11-12/h3-8,11,21H,2,9-10H2,1H3,(H,20,22). The number of rotatable bonds is 8. The second-order valence-electron chi connectivity index (χ2n) is 5.19. The summed E-state index contributed by atoms with van der Waals surface area (Å²) in [5, 5.41) is 3.23. The normalized spacial score (nSPS) is 11.2. The minimum absolute atomic E-state index is 0.0443. The molecule has 0 aliphatic carbocycles. The number of carbonyl (C=O) groups is 1. The maximum absolute atomic E-state index is 12.2. The molecule has 1 amide bonds. The Morgan fingerprint density at radius 3 is 2.35 bits per heavy atom. The van der Waals surface area contributed by atoms with Gasteiger partial charge in [-0.05, 0) is 49.4 Å². The van der Waals surface area contributed by atoms with E-state index in [0.717, 1.165) is 0 Å². The summed E-state index contributed by atoms with van der Waals surface area (Å²) in [6.45, 7) is 2.51. The zero-order chi connectivity index (χ0) is 19.2. The van der Waals surface area contributed by atoms with E-state index in [1.807, 2.05) is 6.92 Å². The molecular weight excluding hydrogens is 399 g/mol. The second-order valence-corrected chi connectivity index (χ2v) is 7.77. The maximum atomic E-state index is 12.2. The summed E-state index contributed by atoms with van der Waals surface area (Å²) in [5.74, 6) is 0.226. The van der Waals surface area contributed by atoms with Crippen LogP contribution in [0.25, 0.3) is 0 Å². The molecule has 140 valence electrons. The fourth-order valence-corrected chi connectivity index (χ4v) is 3.40. The quantitative estimate of drug-likeness (QED) is 0.647. The van der Waals surface area contributed by atoms with Crippen LogP contribution in [0.3, 0.4) is 0 Å². The summed E-state index contributed by atoms with van der Waals surface area (Å²) >= 11 is 11.7. The number of sulfonamides is 1. The van der Waals surface area contributed by atoms with Crippen molar-refractivity contribution in [3.8, 4) is 5.75 Å². The van der Waals surface area contributed by atoms with Crippen LogP contribution in [0.15, 0.2) is 47.4 Å². The van der Waals surface area contributed by atoms with Gasteiger partial charge in [-0.25, -0.2) is 13.1 Å². The average Bonchev–Trinajstić information content (AvgIpc) is 2.61. The molecule has 0 fully saturated rings. The van der Waals surface area contributed by atoms with Gasteiger partial charge in [0.1, 0.15) is 5.75 Å². The van der Waals surface area contributed by atoms with Crippen LogP contribution in [0.5, 0.6) is 5.75 Å². The van der Waals surface area contributed by atoms with Crippen LogP contribution >= 0.6 is 23.2 Å². The van der Waals surface area contributed by atoms with Crippen molar-refractivity contribution in [3.05, 3.63) is 58.1 Å². The van der Waals surface area contributed by atoms with Gasteiger partial charge in [0, 0.05) is 18.7 Å². The van der Waals surface area contributed by atoms with Crippen molar-refractivity contribution in [1.82, 2.24) is 10.0 Å². The van der Waals surface area contributed by atoms with E-state index < -0.39 is 10.0 Å². The maximum Gasteiger partial charge on any atom is 0.251 e. The number of ether oxygens (including phenoxy) is 1. The molecule has 0 atom stereocenters. The summed E-state index contributed by atoms with van der Waals surface area (Å²) in [6.07, 6.45) is 0. The van der Waals surface area contributed by atoms with Crippen molar-refractivity contribution >= 4 is 39.1 Å². The molecule has 0 spiro atoms. The lowest BCUT2D eigenvalue weighted by Gasteiger charge is -2.09. The van der Waals surface area contributed by atoms with Crippen LogP contribution in [0.1, 0.15) is 17.3 Å². The van der Waals surface area contributed by atoms with Crippen LogP contribution in [0, 0.1) is 0 Å². The number of benzene rings is 2. The minimum Gasteiger partial charge on any atom is -0.494 e. The Hall–Kier alpha value is -1.80. The van der Waals surface area contributed by atoms with Crippen LogP contribution in [-0.2, 0) is 10.0 Å². The van der Waals surface area contributed by atoms with Gasteiger partial charge in [0.25, 0.3) is 5.91 Å². The number of halogens is 2. The minimum atomic E-state index is -3.66. The molecular formula is C17H18Cl2N2O4S. The third-order valence-corrected chi connectivity index (χ3v) is 5.55. The molecule has 2 aromatic rings. The topological polar surface area (TPSA) is 84.5 Å². The molecule has 0 bridgehead atoms. The molecule has 0 saturated heterocycles. The van der Waals surface area contributed by atoms with Crippen molar-refractivity contribution < 1.29 is 17.9 Å². The predicted molar refractivity (Wildman–Crippen MR) is 102 cm³/mol. The van der Waals surface area contributed by atoms with Gasteiger partial charge in [-0.15, -0.1) is 0 Å². The van der Waals surface area contributed by atoms with E-state index in [-0.39, 0.29) is 28.9 Å². The smallest absolute Gasteiger partial charge is 0.251 e. The Kier molecular flexibility index (Phi) is 7.28. The first-order chi connectivity index (χ1) is 12.3. The predicted octanol–water partition coefficient (Wildman–Crippen LogP) is 3.10. The Bertz CT molecular complexity index is 871. The van der Waals surface area contributed by atoms with Gasteiger partial charge in [-0.1, -0.05) is 23.2 Å². The molecule has 0 saturated carbocycles. The summed E-state index contributed by atoms with van der Waals surface area (Å²) in [4.78, 5) is 12.1. The second kappa shape index (κ2) is 9.23. The van der Waals surface area contributed by atoms with Crippen LogP contribution in [-0.4, -0.2) is 34.0 Å². The highest BCUT2D eigenvalue weighted by Crippen LogP contribution is 2.22. The van der Waals surface area contributed by atoms with Gasteiger partial charge >= 0.3 is 0 Å². The van der Waals surface area contributed by atoms with Gasteiger partial charge < -0.3 is 10.1 Å². The average molecular weight is 417 g/mol. The van der Waals surface area contributed by atoms with Crippen LogP contribution in [0.2, 0.25) is 10.0 Å². The van der Waals surface area contributed by atoms with E-state index in [0.29, 0.717) is 22.9 Å². The molecule has 2 aromatic carbocycles. The van der Waals surface area contributed by atoms with E-state index in [1.54, 1.807) is 12.1 Å². The van der Waals surface area contributed by atoms with E-state index >= 15 is 0 Å². The zero-order valence-electron chi connectivity index (χ0n) is 14.0. The van der Waals surface area contributed by atoms with Crippen molar-refractivity contribution in [2.75, 3.05) is 19.7 Å². The molecule has 0 unspecified atom stereocenters. The first-order valence-electron chi connectivity index (χ1n) is 7.79. The van der Waals surface area contributed by atoms with E-state index in [9.17, 15) is 13.2 Å². The lowest BCUT2D eigenvalue weighted by molar-refractivity contribution is 0.0954. The SMILES string of the molecule is CCOc1ccc(S(=O)(=O)NCCNC(=O)c2ccc(Cl)c(Cl)c2)cc1. The summed E-state index contributed by atoms with van der Waals surface area (Å²) in [7, 11) is -3.66. The summed E-state index contributed by atoms with van der Waals surface area (Å²) in [5.41, 5.74) is 0.341. The number of hydrogen-bond acceptors (Lipinski definition) is 4. The Morgan fingerprint density at radius 2 is 1.73 bits per heavy atom. The summed E-state index contributed by atoms with van der Waals surface area (Å²) in [6, 6.07) is 10.6. The van der Waals surface area contributed by atoms with Crippen molar-refractivity contribution in [2.45, 2.75) is 11.8 Å². The van der Waals surface area contributed by atoms with Crippen molar-refractivity contribution in [3.63, 3.8) is 0 Å². The first-order valence-corrected chi connectivity index (χ1v) is 10.0. The lowest BCUT2D eigenvalue weighted by Crippen LogP contribution is -2.34. The van der Waals surface area contributed by atoms with Crippen LogP contribution in [0.4, 0.5) is 0 Å². The van der Waals surface area contributed by atoms with Crippen molar-refractivity contribution in [1.29, 1.82) is 0 Å². The zero-order valence-corrected chi connectivity index (χ0v) is 16.3. The van der Waals surface area contributed by atoms with Gasteiger partial charge in [0.05, 0.1) is 21.5 Å². The van der Waals surface area contributed by atoms with Gasteiger partial charge in [-0.2, -0.15) is 0 Å². The fourth-order valence-electron chi connectivity index (χ4n) is 2.07. The first kappa shape index (κ1) is 20.5. The van der Waals surface area contributed by atoms with Gasteiger partial charge in [0.2, 0.25) is 10.0 Å². The fraction of sp³-hybridized carbons (Fsp3) is 0.235. The molecule has 6 nitrogen and oxygen atoms in total. The largest absolute Gasteiger partial charge is 0.494 e. The Balaban J connectivity index is 1.86. The highest BCUT2D eigenvalue weighted by Gasteiger charge is 2.14. The molecule has 2 rings (SSSR count). The highest BCUT2D eigenvalue weighted by molar-refractivity contribution is 7.89. The van der Waals surface area contributed by atoms with Gasteiger partial charge in [-0.3, -0.25) is 4.79 Å². The monoisotopic (exact) mass is 416 g/mol. The molecule has 0 aliphatic rings. The third kappa shape index (κ3) is 5.60. The number of nitrogens with one attached hydrogen (secondary N) is 2. The Labute approximate surface area is 162 Å². The van der Waals surface area contributed by atoms with E-state index in [2.05, 4.69) is 10.0 Å². The molecule has 9 heteroatoms. The number of amides is 1. The summed E-state index contributed by atoms with van der Waals surface area (Å²) < 4.78 is 32.1. The lowest BCUT2D eigenvalue weighted by atomic mass is 10.2. The third-order valence-electron chi connectivity index (χ3n) is 3.33. The molecule has 0 aromatic heterocycles. The van der Waals surface area contributed by atoms with Gasteiger partial charge in [0.15, 0.2) is 0 Å². The van der Waals surface area contributed by atoms with Crippen LogP contribution < -0.4 is 14.8 Å². The molecule has 2 N–H and O–H groups in total. The highest BCUT2D eigenvalue weighted by atomic mass is 35.5. The molecule has 26 heavy (non-hydrogen) atoms.